The zero-order valence-corrected chi connectivity index (χ0v) is 14.1. The third-order valence-corrected chi connectivity index (χ3v) is 4.46. The van der Waals surface area contributed by atoms with Gasteiger partial charge in [0.05, 0.1) is 19.7 Å². The second-order valence-electron chi connectivity index (χ2n) is 5.81. The van der Waals surface area contributed by atoms with Gasteiger partial charge in [0.25, 0.3) is 0 Å². The quantitative estimate of drug-likeness (QED) is 0.439. The maximum atomic E-state index is 6.19. The smallest absolute Gasteiger partial charge is 0.136 e. The van der Waals surface area contributed by atoms with Crippen LogP contribution in [0, 0.1) is 0 Å². The first-order valence-electron chi connectivity index (χ1n) is 8.02. The predicted octanol–water partition coefficient (Wildman–Crippen LogP) is 4.65. The van der Waals surface area contributed by atoms with Crippen LogP contribution in [0.15, 0.2) is 60.8 Å². The van der Waals surface area contributed by atoms with Gasteiger partial charge in [-0.1, -0.05) is 36.4 Å². The molecule has 4 aromatic rings. The fourth-order valence-electron chi connectivity index (χ4n) is 3.32. The van der Waals surface area contributed by atoms with Crippen molar-refractivity contribution >= 4 is 27.4 Å². The summed E-state index contributed by atoms with van der Waals surface area (Å²) in [5.41, 5.74) is 9.60. The van der Waals surface area contributed by atoms with Crippen molar-refractivity contribution in [2.75, 3.05) is 20.0 Å². The number of anilines is 1. The summed E-state index contributed by atoms with van der Waals surface area (Å²) in [6.45, 7) is 0. The summed E-state index contributed by atoms with van der Waals surface area (Å²) in [6.07, 6.45) is 1.83. The van der Waals surface area contributed by atoms with Crippen molar-refractivity contribution in [3.63, 3.8) is 0 Å². The fraction of sp³-hybridized carbons (Fsp3) is 0.0952. The van der Waals surface area contributed by atoms with Crippen LogP contribution in [0.25, 0.3) is 32.8 Å². The minimum absolute atomic E-state index is 0.691. The first-order valence-corrected chi connectivity index (χ1v) is 8.02. The van der Waals surface area contributed by atoms with Crippen LogP contribution < -0.4 is 15.2 Å². The molecule has 3 aromatic carbocycles. The van der Waals surface area contributed by atoms with Gasteiger partial charge in [0.1, 0.15) is 11.5 Å². The minimum atomic E-state index is 0.691. The molecule has 0 aliphatic carbocycles. The number of nitrogens with zero attached hydrogens (tertiary/aromatic N) is 1. The molecule has 4 heteroatoms. The summed E-state index contributed by atoms with van der Waals surface area (Å²) in [6, 6.07) is 17.7. The third kappa shape index (κ3) is 2.34. The summed E-state index contributed by atoms with van der Waals surface area (Å²) in [5, 5.41) is 2.92. The molecule has 0 unspecified atom stereocenters. The molecule has 0 aliphatic heterocycles. The van der Waals surface area contributed by atoms with E-state index in [1.807, 2.05) is 60.8 Å². The molecule has 0 amide bonds. The first-order chi connectivity index (χ1) is 12.2. The number of para-hydroxylation sites is 2. The molecule has 0 bridgehead atoms. The molecule has 4 rings (SSSR count). The van der Waals surface area contributed by atoms with Gasteiger partial charge in [-0.05, 0) is 18.2 Å². The Balaban J connectivity index is 2.17. The van der Waals surface area contributed by atoms with Crippen molar-refractivity contribution in [1.29, 1.82) is 0 Å². The van der Waals surface area contributed by atoms with Crippen molar-refractivity contribution in [1.82, 2.24) is 4.98 Å². The fourth-order valence-corrected chi connectivity index (χ4v) is 3.32. The van der Waals surface area contributed by atoms with Gasteiger partial charge in [0.2, 0.25) is 0 Å². The van der Waals surface area contributed by atoms with Crippen LogP contribution >= 0.6 is 0 Å². The van der Waals surface area contributed by atoms with E-state index < -0.39 is 0 Å². The van der Waals surface area contributed by atoms with Crippen molar-refractivity contribution in [2.45, 2.75) is 0 Å². The van der Waals surface area contributed by atoms with E-state index in [9.17, 15) is 0 Å². The summed E-state index contributed by atoms with van der Waals surface area (Å²) < 4.78 is 11.5. The Labute approximate surface area is 145 Å². The highest BCUT2D eigenvalue weighted by atomic mass is 16.5. The maximum absolute atomic E-state index is 6.19. The number of benzene rings is 3. The normalized spacial score (nSPS) is 11.0. The first kappa shape index (κ1) is 15.3. The van der Waals surface area contributed by atoms with E-state index in [1.165, 1.54) is 0 Å². The number of hydrogen-bond donors (Lipinski definition) is 1. The van der Waals surface area contributed by atoms with Gasteiger partial charge >= 0.3 is 0 Å². The number of fused-ring (bicyclic) bond motifs is 3. The van der Waals surface area contributed by atoms with Gasteiger partial charge in [-0.3, -0.25) is 4.98 Å². The van der Waals surface area contributed by atoms with Gasteiger partial charge in [-0.2, -0.15) is 0 Å². The Kier molecular flexibility index (Phi) is 3.65. The number of pyridine rings is 1. The molecule has 25 heavy (non-hydrogen) atoms. The molecule has 0 radical (unpaired) electrons. The number of nitrogens with two attached hydrogens (primary N) is 1. The van der Waals surface area contributed by atoms with E-state index in [1.54, 1.807) is 14.2 Å². The molecule has 2 N–H and O–H groups in total. The van der Waals surface area contributed by atoms with Crippen LogP contribution in [-0.2, 0) is 0 Å². The molecular weight excluding hydrogens is 312 g/mol. The second kappa shape index (κ2) is 5.98. The Hall–Kier alpha value is -3.27. The zero-order valence-electron chi connectivity index (χ0n) is 14.1. The molecule has 0 saturated carbocycles. The molecule has 4 nitrogen and oxygen atoms in total. The largest absolute Gasteiger partial charge is 0.496 e. The standard InChI is InChI=1S/C21H18N2O2/c1-24-19-11-15(13-7-3-5-9-17(13)22)21(25-2)16-12-23-18-10-6-4-8-14(18)20(16)19/h3-12H,22H2,1-2H3. The van der Waals surface area contributed by atoms with Gasteiger partial charge < -0.3 is 15.2 Å². The molecule has 0 spiro atoms. The Bertz CT molecular complexity index is 1090. The minimum Gasteiger partial charge on any atom is -0.496 e. The molecule has 124 valence electrons. The zero-order chi connectivity index (χ0) is 17.4. The lowest BCUT2D eigenvalue weighted by Gasteiger charge is -2.17. The number of nitrogen functional groups attached to an aromatic ring is 1. The van der Waals surface area contributed by atoms with Crippen LogP contribution in [0.4, 0.5) is 5.69 Å². The van der Waals surface area contributed by atoms with E-state index in [2.05, 4.69) is 4.98 Å². The lowest BCUT2D eigenvalue weighted by atomic mass is 9.96. The Morgan fingerprint density at radius 2 is 1.60 bits per heavy atom. The molecule has 0 fully saturated rings. The monoisotopic (exact) mass is 330 g/mol. The lowest BCUT2D eigenvalue weighted by Crippen LogP contribution is -1.97. The van der Waals surface area contributed by atoms with E-state index in [0.29, 0.717) is 5.69 Å². The summed E-state index contributed by atoms with van der Waals surface area (Å²) in [5.74, 6) is 1.51. The number of hydrogen-bond acceptors (Lipinski definition) is 4. The maximum Gasteiger partial charge on any atom is 0.136 e. The van der Waals surface area contributed by atoms with Gasteiger partial charge in [0, 0.05) is 39.2 Å². The SMILES string of the molecule is COc1c(-c2ccccc2N)cc(OC)c2c1cnc1ccccc12. The average Bonchev–Trinajstić information content (AvgIpc) is 2.66. The summed E-state index contributed by atoms with van der Waals surface area (Å²) >= 11 is 0. The van der Waals surface area contributed by atoms with Gasteiger partial charge in [-0.15, -0.1) is 0 Å². The molecule has 0 aliphatic rings. The Morgan fingerprint density at radius 3 is 2.36 bits per heavy atom. The predicted molar refractivity (Wildman–Crippen MR) is 102 cm³/mol. The van der Waals surface area contributed by atoms with Crippen LogP contribution in [0.2, 0.25) is 0 Å². The highest BCUT2D eigenvalue weighted by molar-refractivity contribution is 6.13. The number of aromatic nitrogens is 1. The van der Waals surface area contributed by atoms with Crippen molar-refractivity contribution < 1.29 is 9.47 Å². The highest BCUT2D eigenvalue weighted by Gasteiger charge is 2.18. The average molecular weight is 330 g/mol. The topological polar surface area (TPSA) is 57.4 Å². The van der Waals surface area contributed by atoms with Crippen LogP contribution in [0.5, 0.6) is 11.5 Å². The van der Waals surface area contributed by atoms with E-state index in [-0.39, 0.29) is 0 Å². The van der Waals surface area contributed by atoms with E-state index in [0.717, 1.165) is 44.3 Å². The summed E-state index contributed by atoms with van der Waals surface area (Å²) in [7, 11) is 3.34. The number of methoxy groups -OCH3 is 2. The lowest BCUT2D eigenvalue weighted by molar-refractivity contribution is 0.412. The van der Waals surface area contributed by atoms with Crippen molar-refractivity contribution in [3.8, 4) is 22.6 Å². The number of ether oxygens (including phenoxy) is 2. The highest BCUT2D eigenvalue weighted by Crippen LogP contribution is 2.45. The van der Waals surface area contributed by atoms with Crippen LogP contribution in [0.1, 0.15) is 0 Å². The summed E-state index contributed by atoms with van der Waals surface area (Å²) in [4.78, 5) is 4.58. The van der Waals surface area contributed by atoms with Gasteiger partial charge in [0.15, 0.2) is 0 Å². The van der Waals surface area contributed by atoms with Crippen LogP contribution in [-0.4, -0.2) is 19.2 Å². The second-order valence-corrected chi connectivity index (χ2v) is 5.81. The molecule has 0 saturated heterocycles. The van der Waals surface area contributed by atoms with Crippen molar-refractivity contribution in [3.05, 3.63) is 60.8 Å². The van der Waals surface area contributed by atoms with Crippen LogP contribution in [0.3, 0.4) is 0 Å². The molecule has 1 heterocycles. The third-order valence-electron chi connectivity index (χ3n) is 4.46. The van der Waals surface area contributed by atoms with E-state index >= 15 is 0 Å². The Morgan fingerprint density at radius 1 is 0.840 bits per heavy atom. The number of rotatable bonds is 3. The van der Waals surface area contributed by atoms with E-state index in [4.69, 9.17) is 15.2 Å². The van der Waals surface area contributed by atoms with Gasteiger partial charge in [-0.25, -0.2) is 0 Å². The molecular formula is C21H18N2O2. The van der Waals surface area contributed by atoms with Crippen molar-refractivity contribution in [2.24, 2.45) is 0 Å². The molecule has 1 aromatic heterocycles. The molecule has 0 atom stereocenters.